The van der Waals surface area contributed by atoms with Gasteiger partial charge >= 0.3 is 0 Å². The molecule has 1 amide bonds. The first-order valence-electron chi connectivity index (χ1n) is 4.32. The number of amides is 1. The zero-order valence-corrected chi connectivity index (χ0v) is 7.58. The maximum absolute atomic E-state index is 10.5. The quantitative estimate of drug-likeness (QED) is 0.687. The molecule has 68 valence electrons. The molecule has 0 aromatic heterocycles. The van der Waals surface area contributed by atoms with E-state index in [-0.39, 0.29) is 0 Å². The largest absolute Gasteiger partial charge is 0.388 e. The summed E-state index contributed by atoms with van der Waals surface area (Å²) in [6, 6.07) is 6.20. The van der Waals surface area contributed by atoms with Crippen molar-refractivity contribution in [3.8, 4) is 0 Å². The van der Waals surface area contributed by atoms with Crippen LogP contribution in [0.5, 0.6) is 0 Å². The Bertz CT molecular complexity index is 336. The number of fused-ring (bicyclic) bond motifs is 1. The molecule has 1 heterocycles. The molecule has 1 N–H and O–H groups in total. The van der Waals surface area contributed by atoms with E-state index in [4.69, 9.17) is 0 Å². The molecule has 0 saturated heterocycles. The smallest absolute Gasteiger partial charge is 0.210 e. The van der Waals surface area contributed by atoms with Crippen molar-refractivity contribution in [3.63, 3.8) is 0 Å². The van der Waals surface area contributed by atoms with E-state index in [2.05, 4.69) is 17.4 Å². The molecule has 2 rings (SSSR count). The first kappa shape index (κ1) is 8.10. The molecule has 0 aliphatic carbocycles. The second-order valence-corrected chi connectivity index (χ2v) is 3.24. The second kappa shape index (κ2) is 3.09. The molecule has 13 heavy (non-hydrogen) atoms. The average Bonchev–Trinajstić information content (AvgIpc) is 2.58. The van der Waals surface area contributed by atoms with Crippen LogP contribution in [0.3, 0.4) is 0 Å². The predicted molar refractivity (Wildman–Crippen MR) is 51.3 cm³/mol. The summed E-state index contributed by atoms with van der Waals surface area (Å²) >= 11 is 0. The van der Waals surface area contributed by atoms with Gasteiger partial charge in [0.15, 0.2) is 0 Å². The van der Waals surface area contributed by atoms with Gasteiger partial charge < -0.3 is 10.2 Å². The third kappa shape index (κ3) is 1.37. The molecule has 0 spiro atoms. The van der Waals surface area contributed by atoms with Crippen molar-refractivity contribution < 1.29 is 4.79 Å². The lowest BCUT2D eigenvalue weighted by Crippen LogP contribution is -2.12. The van der Waals surface area contributed by atoms with Crippen molar-refractivity contribution in [2.75, 3.05) is 12.4 Å². The van der Waals surface area contributed by atoms with Crippen LogP contribution in [0.15, 0.2) is 18.2 Å². The summed E-state index contributed by atoms with van der Waals surface area (Å²) in [5, 5.41) is 3.08. The van der Waals surface area contributed by atoms with E-state index in [0.717, 1.165) is 25.2 Å². The molecule has 1 aromatic rings. The third-order valence-corrected chi connectivity index (χ3v) is 2.39. The van der Waals surface area contributed by atoms with Crippen LogP contribution < -0.4 is 5.32 Å². The number of anilines is 1. The van der Waals surface area contributed by atoms with E-state index in [9.17, 15) is 4.79 Å². The molecular formula is C10H12N2O. The Morgan fingerprint density at radius 1 is 1.38 bits per heavy atom. The van der Waals surface area contributed by atoms with Gasteiger partial charge in [-0.05, 0) is 23.3 Å². The number of nitrogens with one attached hydrogen (secondary N) is 1. The van der Waals surface area contributed by atoms with Gasteiger partial charge in [0.05, 0.1) is 0 Å². The first-order valence-corrected chi connectivity index (χ1v) is 4.32. The van der Waals surface area contributed by atoms with Gasteiger partial charge in [0, 0.05) is 25.8 Å². The van der Waals surface area contributed by atoms with E-state index in [1.165, 1.54) is 11.1 Å². The van der Waals surface area contributed by atoms with Gasteiger partial charge in [-0.15, -0.1) is 0 Å². The number of carbonyl (C=O) groups is 1. The fourth-order valence-electron chi connectivity index (χ4n) is 1.65. The summed E-state index contributed by atoms with van der Waals surface area (Å²) in [5.41, 5.74) is 3.61. The molecule has 3 heteroatoms. The highest BCUT2D eigenvalue weighted by Gasteiger charge is 2.16. The van der Waals surface area contributed by atoms with Crippen molar-refractivity contribution in [1.82, 2.24) is 4.90 Å². The number of nitrogens with zero attached hydrogens (tertiary/aromatic N) is 1. The fraction of sp³-hybridized carbons (Fsp3) is 0.300. The number of carbonyl (C=O) groups excluding carboxylic acids is 1. The summed E-state index contributed by atoms with van der Waals surface area (Å²) in [5.74, 6) is 0. The normalized spacial score (nSPS) is 14.1. The number of hydrogen-bond donors (Lipinski definition) is 1. The third-order valence-electron chi connectivity index (χ3n) is 2.39. The van der Waals surface area contributed by atoms with Gasteiger partial charge in [-0.3, -0.25) is 4.79 Å². The van der Waals surface area contributed by atoms with Crippen LogP contribution in [0.4, 0.5) is 5.69 Å². The van der Waals surface area contributed by atoms with Crippen molar-refractivity contribution >= 4 is 12.1 Å². The molecule has 0 saturated carbocycles. The Hall–Kier alpha value is -1.51. The van der Waals surface area contributed by atoms with Crippen LogP contribution in [-0.2, 0) is 17.9 Å². The molecule has 0 fully saturated rings. The molecule has 3 nitrogen and oxygen atoms in total. The summed E-state index contributed by atoms with van der Waals surface area (Å²) in [4.78, 5) is 12.3. The zero-order chi connectivity index (χ0) is 9.26. The predicted octanol–water partition coefficient (Wildman–Crippen LogP) is 1.20. The summed E-state index contributed by atoms with van der Waals surface area (Å²) in [6.45, 7) is 1.50. The Balaban J connectivity index is 2.30. The van der Waals surface area contributed by atoms with Crippen LogP contribution in [0.1, 0.15) is 11.1 Å². The lowest BCUT2D eigenvalue weighted by molar-refractivity contribution is -0.118. The minimum Gasteiger partial charge on any atom is -0.388 e. The van der Waals surface area contributed by atoms with E-state index in [0.29, 0.717) is 0 Å². The number of hydrogen-bond acceptors (Lipinski definition) is 2. The lowest BCUT2D eigenvalue weighted by atomic mass is 10.1. The van der Waals surface area contributed by atoms with Gasteiger partial charge in [0.2, 0.25) is 6.41 Å². The van der Waals surface area contributed by atoms with Crippen molar-refractivity contribution in [2.45, 2.75) is 13.1 Å². The van der Waals surface area contributed by atoms with Gasteiger partial charge in [-0.2, -0.15) is 0 Å². The molecule has 0 atom stereocenters. The Morgan fingerprint density at radius 3 is 2.85 bits per heavy atom. The highest BCUT2D eigenvalue weighted by molar-refractivity contribution is 5.54. The highest BCUT2D eigenvalue weighted by atomic mass is 16.1. The maximum atomic E-state index is 10.5. The van der Waals surface area contributed by atoms with Gasteiger partial charge in [0.1, 0.15) is 0 Å². The van der Waals surface area contributed by atoms with Crippen LogP contribution in [-0.4, -0.2) is 18.4 Å². The second-order valence-electron chi connectivity index (χ2n) is 3.24. The Kier molecular flexibility index (Phi) is 1.93. The maximum Gasteiger partial charge on any atom is 0.210 e. The van der Waals surface area contributed by atoms with Crippen molar-refractivity contribution in [2.24, 2.45) is 0 Å². The van der Waals surface area contributed by atoms with E-state index in [1.54, 1.807) is 4.90 Å². The van der Waals surface area contributed by atoms with E-state index >= 15 is 0 Å². The Labute approximate surface area is 77.4 Å². The molecule has 0 unspecified atom stereocenters. The minimum absolute atomic E-state index is 0.744. The number of rotatable bonds is 2. The van der Waals surface area contributed by atoms with Crippen LogP contribution in [0.25, 0.3) is 0 Å². The molecule has 1 aromatic carbocycles. The summed E-state index contributed by atoms with van der Waals surface area (Å²) in [6.07, 6.45) is 0.902. The first-order chi connectivity index (χ1) is 6.33. The average molecular weight is 176 g/mol. The highest BCUT2D eigenvalue weighted by Crippen LogP contribution is 2.24. The molecule has 0 bridgehead atoms. The van der Waals surface area contributed by atoms with Gasteiger partial charge in [-0.1, -0.05) is 6.07 Å². The monoisotopic (exact) mass is 176 g/mol. The molecule has 0 radical (unpaired) electrons. The van der Waals surface area contributed by atoms with Gasteiger partial charge in [0.25, 0.3) is 0 Å². The fourth-order valence-corrected chi connectivity index (χ4v) is 1.65. The van der Waals surface area contributed by atoms with Gasteiger partial charge in [-0.25, -0.2) is 0 Å². The topological polar surface area (TPSA) is 32.3 Å². The van der Waals surface area contributed by atoms with Crippen LogP contribution in [0, 0.1) is 0 Å². The summed E-state index contributed by atoms with van der Waals surface area (Å²) < 4.78 is 0. The molecule has 1 aliphatic rings. The van der Waals surface area contributed by atoms with Crippen molar-refractivity contribution in [3.05, 3.63) is 29.3 Å². The zero-order valence-electron chi connectivity index (χ0n) is 7.58. The van der Waals surface area contributed by atoms with Crippen LogP contribution >= 0.6 is 0 Å². The number of benzene rings is 1. The lowest BCUT2D eigenvalue weighted by Gasteiger charge is -2.04. The molecule has 1 aliphatic heterocycles. The van der Waals surface area contributed by atoms with Crippen molar-refractivity contribution in [1.29, 1.82) is 0 Å². The standard InChI is InChI=1S/C10H12N2O/c1-11-10-3-2-8-5-12(7-13)6-9(8)4-10/h2-4,7,11H,5-6H2,1H3. The summed E-state index contributed by atoms with van der Waals surface area (Å²) in [7, 11) is 1.90. The minimum atomic E-state index is 0.744. The Morgan fingerprint density at radius 2 is 2.15 bits per heavy atom. The van der Waals surface area contributed by atoms with Crippen LogP contribution in [0.2, 0.25) is 0 Å². The SMILES string of the molecule is CNc1ccc2c(c1)CN(C=O)C2. The van der Waals surface area contributed by atoms with E-state index < -0.39 is 0 Å². The molecular weight excluding hydrogens is 164 g/mol. The van der Waals surface area contributed by atoms with E-state index in [1.807, 2.05) is 13.1 Å².